The molecule has 0 radical (unpaired) electrons. The Bertz CT molecular complexity index is 825. The lowest BCUT2D eigenvalue weighted by atomic mass is 9.92. The zero-order chi connectivity index (χ0) is 18.3. The van der Waals surface area contributed by atoms with Gasteiger partial charge in [-0.25, -0.2) is 9.67 Å². The van der Waals surface area contributed by atoms with Crippen LogP contribution in [0.3, 0.4) is 0 Å². The lowest BCUT2D eigenvalue weighted by Gasteiger charge is -2.25. The molecule has 1 aliphatic carbocycles. The highest BCUT2D eigenvalue weighted by Crippen LogP contribution is 2.35. The van der Waals surface area contributed by atoms with Crippen LogP contribution in [-0.4, -0.2) is 27.4 Å². The van der Waals surface area contributed by atoms with Crippen molar-refractivity contribution in [1.82, 2.24) is 14.8 Å². The van der Waals surface area contributed by atoms with Gasteiger partial charge < -0.3 is 4.90 Å². The van der Waals surface area contributed by atoms with Crippen LogP contribution in [0.15, 0.2) is 16.9 Å². The van der Waals surface area contributed by atoms with E-state index in [0.29, 0.717) is 12.6 Å². The predicted molar refractivity (Wildman–Crippen MR) is 106 cm³/mol. The molecule has 2 aromatic heterocycles. The van der Waals surface area contributed by atoms with Crippen LogP contribution in [-0.2, 0) is 24.8 Å². The highest BCUT2D eigenvalue weighted by atomic mass is 32.1. The molecule has 1 unspecified atom stereocenters. The molecule has 0 bridgehead atoms. The van der Waals surface area contributed by atoms with Gasteiger partial charge >= 0.3 is 0 Å². The van der Waals surface area contributed by atoms with Crippen molar-refractivity contribution in [3.05, 3.63) is 38.8 Å². The van der Waals surface area contributed by atoms with Gasteiger partial charge in [0.2, 0.25) is 0 Å². The Labute approximate surface area is 159 Å². The Balaban J connectivity index is 1.58. The topological polar surface area (TPSA) is 51.0 Å². The molecule has 0 N–H and O–H groups in total. The molecular weight excluding hydrogens is 344 g/mol. The van der Waals surface area contributed by atoms with Crippen LogP contribution in [0.4, 0.5) is 5.13 Å². The Hall–Kier alpha value is -1.69. The smallest absolute Gasteiger partial charge is 0.266 e. The maximum absolute atomic E-state index is 12.4. The first kappa shape index (κ1) is 17.7. The van der Waals surface area contributed by atoms with Crippen molar-refractivity contribution in [2.45, 2.75) is 77.3 Å². The first-order chi connectivity index (χ1) is 12.4. The maximum atomic E-state index is 12.4. The summed E-state index contributed by atoms with van der Waals surface area (Å²) in [6, 6.07) is 3.83. The summed E-state index contributed by atoms with van der Waals surface area (Å²) in [5.74, 6) is 0. The van der Waals surface area contributed by atoms with Crippen molar-refractivity contribution >= 4 is 16.5 Å². The van der Waals surface area contributed by atoms with Crippen molar-refractivity contribution < 1.29 is 0 Å². The van der Waals surface area contributed by atoms with Gasteiger partial charge in [-0.3, -0.25) is 4.79 Å². The second-order valence-corrected chi connectivity index (χ2v) is 9.61. The minimum atomic E-state index is -0.0564. The van der Waals surface area contributed by atoms with Gasteiger partial charge in [-0.2, -0.15) is 5.10 Å². The quantitative estimate of drug-likeness (QED) is 0.827. The Morgan fingerprint density at radius 2 is 2.00 bits per heavy atom. The van der Waals surface area contributed by atoms with Crippen molar-refractivity contribution in [3.63, 3.8) is 0 Å². The molecule has 4 rings (SSSR count). The summed E-state index contributed by atoms with van der Waals surface area (Å²) in [5.41, 5.74) is 2.21. The van der Waals surface area contributed by atoms with Crippen molar-refractivity contribution in [2.75, 3.05) is 11.4 Å². The summed E-state index contributed by atoms with van der Waals surface area (Å²) in [7, 11) is 0. The highest BCUT2D eigenvalue weighted by molar-refractivity contribution is 7.15. The molecule has 1 atom stereocenters. The first-order valence-corrected chi connectivity index (χ1v) is 10.6. The molecule has 1 aliphatic heterocycles. The zero-order valence-electron chi connectivity index (χ0n) is 16.0. The average Bonchev–Trinajstić information content (AvgIpc) is 3.21. The number of fused-ring (bicyclic) bond motifs is 1. The van der Waals surface area contributed by atoms with Gasteiger partial charge in [0.25, 0.3) is 5.56 Å². The van der Waals surface area contributed by atoms with E-state index < -0.39 is 0 Å². The standard InChI is InChI=1S/C20H28N4OS/c1-20(2,3)17-10-11-18(25)24(22-17)13-14-7-6-12-23(14)19-21-15-8-4-5-9-16(15)26-19/h10-11,14H,4-9,12-13H2,1-3H3. The first-order valence-electron chi connectivity index (χ1n) is 9.76. The van der Waals surface area contributed by atoms with Crippen molar-refractivity contribution in [2.24, 2.45) is 0 Å². The van der Waals surface area contributed by atoms with Gasteiger partial charge in [0, 0.05) is 22.9 Å². The fraction of sp³-hybridized carbons (Fsp3) is 0.650. The van der Waals surface area contributed by atoms with Crippen LogP contribution in [0.1, 0.15) is 62.7 Å². The van der Waals surface area contributed by atoms with Gasteiger partial charge in [-0.15, -0.1) is 11.3 Å². The van der Waals surface area contributed by atoms with Crippen molar-refractivity contribution in [3.8, 4) is 0 Å². The third kappa shape index (κ3) is 3.43. The molecule has 6 heteroatoms. The highest BCUT2D eigenvalue weighted by Gasteiger charge is 2.29. The summed E-state index contributed by atoms with van der Waals surface area (Å²) < 4.78 is 1.66. The van der Waals surface area contributed by atoms with Crippen LogP contribution in [0.2, 0.25) is 0 Å². The number of hydrogen-bond donors (Lipinski definition) is 0. The fourth-order valence-electron chi connectivity index (χ4n) is 3.92. The lowest BCUT2D eigenvalue weighted by molar-refractivity contribution is 0.457. The van der Waals surface area contributed by atoms with Gasteiger partial charge in [-0.05, 0) is 44.6 Å². The molecule has 3 heterocycles. The average molecular weight is 373 g/mol. The number of aryl methyl sites for hydroxylation is 2. The second kappa shape index (κ2) is 6.80. The number of hydrogen-bond acceptors (Lipinski definition) is 5. The van der Waals surface area contributed by atoms with E-state index >= 15 is 0 Å². The third-order valence-electron chi connectivity index (χ3n) is 5.48. The SMILES string of the molecule is CC(C)(C)c1ccc(=O)n(CC2CCCN2c2nc3c(s2)CCCC3)n1. The molecule has 2 aromatic rings. The molecular formula is C20H28N4OS. The number of nitrogens with zero attached hydrogens (tertiary/aromatic N) is 4. The van der Waals surface area contributed by atoms with Gasteiger partial charge in [0.1, 0.15) is 0 Å². The maximum Gasteiger partial charge on any atom is 0.266 e. The molecule has 2 aliphatic rings. The summed E-state index contributed by atoms with van der Waals surface area (Å²) in [5, 5.41) is 5.81. The number of aromatic nitrogens is 3. The Morgan fingerprint density at radius 3 is 2.77 bits per heavy atom. The number of anilines is 1. The van der Waals surface area contributed by atoms with Crippen LogP contribution in [0, 0.1) is 0 Å². The number of thiazole rings is 1. The molecule has 1 saturated heterocycles. The van der Waals surface area contributed by atoms with Crippen LogP contribution >= 0.6 is 11.3 Å². The summed E-state index contributed by atoms with van der Waals surface area (Å²) in [4.78, 5) is 21.2. The van der Waals surface area contributed by atoms with E-state index in [1.54, 1.807) is 10.7 Å². The minimum Gasteiger partial charge on any atom is -0.343 e. The molecule has 0 saturated carbocycles. The van der Waals surface area contributed by atoms with Gasteiger partial charge in [0.05, 0.1) is 24.0 Å². The normalized spacial score (nSPS) is 20.4. The second-order valence-electron chi connectivity index (χ2n) is 8.55. The van der Waals surface area contributed by atoms with E-state index in [2.05, 4.69) is 30.8 Å². The summed E-state index contributed by atoms with van der Waals surface area (Å²) >= 11 is 1.87. The molecule has 0 aromatic carbocycles. The Kier molecular flexibility index (Phi) is 4.63. The predicted octanol–water partition coefficient (Wildman–Crippen LogP) is 3.55. The molecule has 0 spiro atoms. The van der Waals surface area contributed by atoms with Gasteiger partial charge in [-0.1, -0.05) is 20.8 Å². The monoisotopic (exact) mass is 372 g/mol. The van der Waals surface area contributed by atoms with Crippen LogP contribution in [0.25, 0.3) is 0 Å². The summed E-state index contributed by atoms with van der Waals surface area (Å²) in [6.07, 6.45) is 7.11. The van der Waals surface area contributed by atoms with E-state index in [4.69, 9.17) is 4.98 Å². The zero-order valence-corrected chi connectivity index (χ0v) is 16.8. The van der Waals surface area contributed by atoms with Crippen LogP contribution in [0.5, 0.6) is 0 Å². The molecule has 1 fully saturated rings. The third-order valence-corrected chi connectivity index (χ3v) is 6.67. The fourth-order valence-corrected chi connectivity index (χ4v) is 5.16. The van der Waals surface area contributed by atoms with Gasteiger partial charge in [0.15, 0.2) is 5.13 Å². The van der Waals surface area contributed by atoms with E-state index in [1.165, 1.54) is 29.8 Å². The largest absolute Gasteiger partial charge is 0.343 e. The molecule has 26 heavy (non-hydrogen) atoms. The molecule has 5 nitrogen and oxygen atoms in total. The minimum absolute atomic E-state index is 0.0108. The lowest BCUT2D eigenvalue weighted by Crippen LogP contribution is -2.37. The number of rotatable bonds is 3. The van der Waals surface area contributed by atoms with E-state index in [-0.39, 0.29) is 11.0 Å². The van der Waals surface area contributed by atoms with E-state index in [1.807, 2.05) is 17.4 Å². The van der Waals surface area contributed by atoms with Crippen LogP contribution < -0.4 is 10.5 Å². The summed E-state index contributed by atoms with van der Waals surface area (Å²) in [6.45, 7) is 8.07. The molecule has 0 amide bonds. The van der Waals surface area contributed by atoms with E-state index in [9.17, 15) is 4.79 Å². The van der Waals surface area contributed by atoms with Crippen molar-refractivity contribution in [1.29, 1.82) is 0 Å². The van der Waals surface area contributed by atoms with E-state index in [0.717, 1.165) is 36.6 Å². The molecule has 140 valence electrons. The Morgan fingerprint density at radius 1 is 1.19 bits per heavy atom.